The van der Waals surface area contributed by atoms with Crippen LogP contribution in [-0.2, 0) is 19.0 Å². The Balaban J connectivity index is 1.92. The van der Waals surface area contributed by atoms with Gasteiger partial charge < -0.3 is 50.0 Å². The fourth-order valence-corrected chi connectivity index (χ4v) is 2.70. The van der Waals surface area contributed by atoms with Crippen LogP contribution in [0.25, 0.3) is 6.08 Å². The van der Waals surface area contributed by atoms with Crippen molar-refractivity contribution in [3.05, 3.63) is 41.5 Å². The predicted octanol–water partition coefficient (Wildman–Crippen LogP) is -1.61. The average Bonchev–Trinajstić information content (AvgIpc) is 2.76. The third kappa shape index (κ3) is 7.01. The zero-order valence-corrected chi connectivity index (χ0v) is 16.4. The van der Waals surface area contributed by atoms with Gasteiger partial charge in [-0.3, -0.25) is 0 Å². The summed E-state index contributed by atoms with van der Waals surface area (Å²) in [5.41, 5.74) is 0.733. The molecule has 1 aliphatic rings. The third-order valence-electron chi connectivity index (χ3n) is 4.49. The quantitative estimate of drug-likeness (QED) is 0.101. The van der Waals surface area contributed by atoms with Crippen molar-refractivity contribution in [2.45, 2.75) is 30.7 Å². The Bertz CT molecular complexity index is 791. The van der Waals surface area contributed by atoms with Crippen LogP contribution in [0.2, 0.25) is 0 Å². The highest BCUT2D eigenvalue weighted by Crippen LogP contribution is 2.25. The topological polar surface area (TPSA) is 186 Å². The number of phenols is 2. The van der Waals surface area contributed by atoms with Crippen molar-refractivity contribution in [1.82, 2.24) is 0 Å². The van der Waals surface area contributed by atoms with E-state index in [-0.39, 0.29) is 24.7 Å². The van der Waals surface area contributed by atoms with Crippen molar-refractivity contribution < 1.29 is 54.8 Å². The second-order valence-electron chi connectivity index (χ2n) is 6.74. The molecule has 31 heavy (non-hydrogen) atoms. The highest BCUT2D eigenvalue weighted by atomic mass is 16.7. The molecule has 7 N–H and O–H groups in total. The molecule has 0 spiro atoms. The molecule has 0 aromatic heterocycles. The van der Waals surface area contributed by atoms with Gasteiger partial charge in [-0.05, 0) is 29.3 Å². The van der Waals surface area contributed by atoms with E-state index in [1.54, 1.807) is 0 Å². The number of carbonyl (C=O) groups is 1. The van der Waals surface area contributed by atoms with Gasteiger partial charge in [0.15, 0.2) is 17.8 Å². The predicted molar refractivity (Wildman–Crippen MR) is 105 cm³/mol. The number of carbonyl (C=O) groups excluding carboxylic acids is 1. The van der Waals surface area contributed by atoms with Crippen molar-refractivity contribution in [3.63, 3.8) is 0 Å². The van der Waals surface area contributed by atoms with E-state index in [9.17, 15) is 30.3 Å². The highest BCUT2D eigenvalue weighted by molar-refractivity contribution is 5.87. The van der Waals surface area contributed by atoms with Crippen molar-refractivity contribution in [3.8, 4) is 11.5 Å². The SMILES string of the molecule is O=C(/C=C/c1ccc(O)c(O)c1)OC[C@H]1O[C@@H](OC/C(=C/CO)CO)[C@H](O)[C@H](O)[C@@H]1O. The molecule has 2 rings (SSSR count). The molecule has 11 heteroatoms. The number of rotatable bonds is 9. The van der Waals surface area contributed by atoms with E-state index in [0.717, 1.165) is 6.08 Å². The van der Waals surface area contributed by atoms with E-state index in [4.69, 9.17) is 24.4 Å². The summed E-state index contributed by atoms with van der Waals surface area (Å²) in [6, 6.07) is 3.94. The molecule has 0 bridgehead atoms. The number of hydrogen-bond acceptors (Lipinski definition) is 11. The van der Waals surface area contributed by atoms with E-state index >= 15 is 0 Å². The van der Waals surface area contributed by atoms with E-state index in [0.29, 0.717) is 11.1 Å². The molecule has 1 saturated heterocycles. The Morgan fingerprint density at radius 1 is 1.06 bits per heavy atom. The van der Waals surface area contributed by atoms with Crippen LogP contribution in [0.5, 0.6) is 11.5 Å². The summed E-state index contributed by atoms with van der Waals surface area (Å²) in [5.74, 6) is -1.47. The van der Waals surface area contributed by atoms with Crippen LogP contribution in [-0.4, -0.2) is 98.8 Å². The van der Waals surface area contributed by atoms with Gasteiger partial charge in [0.25, 0.3) is 0 Å². The summed E-state index contributed by atoms with van der Waals surface area (Å²) < 4.78 is 15.7. The molecule has 5 atom stereocenters. The molecule has 11 nitrogen and oxygen atoms in total. The molecule has 1 aromatic carbocycles. The van der Waals surface area contributed by atoms with Gasteiger partial charge in [0.05, 0.1) is 19.8 Å². The number of phenolic OH excluding ortho intramolecular Hbond substituents is 2. The van der Waals surface area contributed by atoms with Gasteiger partial charge in [0, 0.05) is 6.08 Å². The largest absolute Gasteiger partial charge is 0.504 e. The molecular formula is C20H26O11. The molecule has 1 aromatic rings. The summed E-state index contributed by atoms with van der Waals surface area (Å²) in [6.07, 6.45) is -3.72. The lowest BCUT2D eigenvalue weighted by molar-refractivity contribution is -0.299. The molecule has 0 saturated carbocycles. The standard InChI is InChI=1S/C20H26O11/c21-6-5-12(8-22)9-30-20-19(28)18(27)17(26)15(31-20)10-29-16(25)4-2-11-1-3-13(23)14(24)7-11/h1-5,7,15,17-24,26-28H,6,8-10H2/b4-2+,12-5+/t15-,17-,18-,19-,20-/m1/s1. The Hall–Kier alpha value is -2.51. The molecular weight excluding hydrogens is 416 g/mol. The van der Waals surface area contributed by atoms with Crippen molar-refractivity contribution in [2.75, 3.05) is 26.4 Å². The maximum absolute atomic E-state index is 11.9. The van der Waals surface area contributed by atoms with Crippen LogP contribution in [0, 0.1) is 0 Å². The number of benzene rings is 1. The van der Waals surface area contributed by atoms with Crippen molar-refractivity contribution >= 4 is 12.0 Å². The van der Waals surface area contributed by atoms with E-state index in [1.165, 1.54) is 30.4 Å². The lowest BCUT2D eigenvalue weighted by Crippen LogP contribution is -2.59. The molecule has 1 aliphatic heterocycles. The second kappa shape index (κ2) is 11.8. The molecule has 1 fully saturated rings. The number of esters is 1. The Morgan fingerprint density at radius 2 is 1.81 bits per heavy atom. The molecule has 0 aliphatic carbocycles. The minimum absolute atomic E-state index is 0.212. The van der Waals surface area contributed by atoms with Gasteiger partial charge in [-0.15, -0.1) is 0 Å². The lowest BCUT2D eigenvalue weighted by atomic mass is 9.99. The van der Waals surface area contributed by atoms with Gasteiger partial charge in [0.1, 0.15) is 31.0 Å². The molecule has 1 heterocycles. The van der Waals surface area contributed by atoms with E-state index in [1.807, 2.05) is 0 Å². The first kappa shape index (κ1) is 24.8. The minimum atomic E-state index is -1.64. The molecule has 0 amide bonds. The number of ether oxygens (including phenoxy) is 3. The van der Waals surface area contributed by atoms with Crippen molar-refractivity contribution in [1.29, 1.82) is 0 Å². The summed E-state index contributed by atoms with van der Waals surface area (Å²) in [5, 5.41) is 66.8. The normalized spacial score (nSPS) is 26.9. The van der Waals surface area contributed by atoms with Gasteiger partial charge in [0.2, 0.25) is 0 Å². The Labute approximate surface area is 177 Å². The van der Waals surface area contributed by atoms with Gasteiger partial charge in [-0.2, -0.15) is 0 Å². The summed E-state index contributed by atoms with van der Waals surface area (Å²) in [6.45, 7) is -1.41. The molecule has 172 valence electrons. The maximum Gasteiger partial charge on any atom is 0.330 e. The minimum Gasteiger partial charge on any atom is -0.504 e. The van der Waals surface area contributed by atoms with Crippen LogP contribution in [0.1, 0.15) is 5.56 Å². The number of aliphatic hydroxyl groups excluding tert-OH is 5. The zero-order chi connectivity index (χ0) is 23.0. The number of aliphatic hydroxyl groups is 5. The van der Waals surface area contributed by atoms with Gasteiger partial charge in [-0.1, -0.05) is 12.1 Å². The molecule has 0 radical (unpaired) electrons. The van der Waals surface area contributed by atoms with Gasteiger partial charge in [-0.25, -0.2) is 4.79 Å². The van der Waals surface area contributed by atoms with Crippen LogP contribution in [0.4, 0.5) is 0 Å². The van der Waals surface area contributed by atoms with Crippen molar-refractivity contribution in [2.24, 2.45) is 0 Å². The zero-order valence-electron chi connectivity index (χ0n) is 16.4. The highest BCUT2D eigenvalue weighted by Gasteiger charge is 2.44. The van der Waals surface area contributed by atoms with Crippen LogP contribution in [0.15, 0.2) is 35.9 Å². The maximum atomic E-state index is 11.9. The Kier molecular flexibility index (Phi) is 9.40. The average molecular weight is 442 g/mol. The van der Waals surface area contributed by atoms with Crippen LogP contribution in [0.3, 0.4) is 0 Å². The fraction of sp³-hybridized carbons (Fsp3) is 0.450. The first-order valence-corrected chi connectivity index (χ1v) is 9.34. The first-order valence-electron chi connectivity index (χ1n) is 9.34. The van der Waals surface area contributed by atoms with Crippen LogP contribution < -0.4 is 0 Å². The summed E-state index contributed by atoms with van der Waals surface area (Å²) in [7, 11) is 0. The first-order chi connectivity index (χ1) is 14.8. The summed E-state index contributed by atoms with van der Waals surface area (Å²) >= 11 is 0. The number of hydrogen-bond donors (Lipinski definition) is 7. The van der Waals surface area contributed by atoms with Crippen LogP contribution >= 0.6 is 0 Å². The fourth-order valence-electron chi connectivity index (χ4n) is 2.70. The van der Waals surface area contributed by atoms with Gasteiger partial charge >= 0.3 is 5.97 Å². The Morgan fingerprint density at radius 3 is 2.45 bits per heavy atom. The monoisotopic (exact) mass is 442 g/mol. The second-order valence-corrected chi connectivity index (χ2v) is 6.74. The summed E-state index contributed by atoms with van der Waals surface area (Å²) in [4.78, 5) is 11.9. The smallest absolute Gasteiger partial charge is 0.330 e. The van der Waals surface area contributed by atoms with E-state index in [2.05, 4.69) is 0 Å². The lowest BCUT2D eigenvalue weighted by Gasteiger charge is -2.40. The van der Waals surface area contributed by atoms with E-state index < -0.39 is 49.9 Å². The molecule has 0 unspecified atom stereocenters. The number of aromatic hydroxyl groups is 2. The third-order valence-corrected chi connectivity index (χ3v) is 4.49.